The van der Waals surface area contributed by atoms with E-state index in [1.807, 2.05) is 0 Å². The Labute approximate surface area is 78.0 Å². The van der Waals surface area contributed by atoms with Crippen molar-refractivity contribution in [1.29, 1.82) is 0 Å². The van der Waals surface area contributed by atoms with E-state index in [0.29, 0.717) is 6.42 Å². The summed E-state index contributed by atoms with van der Waals surface area (Å²) in [5, 5.41) is 0. The molecule has 0 aromatic carbocycles. The van der Waals surface area contributed by atoms with Crippen LogP contribution in [0.25, 0.3) is 0 Å². The average molecular weight is 282 g/mol. The Hall–Kier alpha value is 0.480. The van der Waals surface area contributed by atoms with E-state index in [9.17, 15) is 13.2 Å². The molecular formula is C6H10F3IO. The maximum Gasteiger partial charge on any atom is 0.391 e. The maximum absolute atomic E-state index is 11.8. The third kappa shape index (κ3) is 4.84. The van der Waals surface area contributed by atoms with Crippen molar-refractivity contribution in [2.45, 2.75) is 38.5 Å². The SMILES string of the molecule is CCC(C)(CC(F)(F)F)OI. The normalized spacial score (nSPS) is 18.0. The van der Waals surface area contributed by atoms with Crippen molar-refractivity contribution in [1.82, 2.24) is 0 Å². The predicted octanol–water partition coefficient (Wildman–Crippen LogP) is 3.47. The Bertz CT molecular complexity index is 119. The van der Waals surface area contributed by atoms with Gasteiger partial charge in [-0.25, -0.2) is 0 Å². The highest BCUT2D eigenvalue weighted by Crippen LogP contribution is 2.33. The molecule has 0 saturated carbocycles. The molecule has 0 aromatic heterocycles. The van der Waals surface area contributed by atoms with Crippen molar-refractivity contribution in [3.63, 3.8) is 0 Å². The molecule has 5 heteroatoms. The minimum Gasteiger partial charge on any atom is -0.309 e. The van der Waals surface area contributed by atoms with Crippen molar-refractivity contribution in [3.8, 4) is 0 Å². The first-order valence-corrected chi connectivity index (χ1v) is 4.07. The van der Waals surface area contributed by atoms with Crippen LogP contribution in [0.5, 0.6) is 0 Å². The van der Waals surface area contributed by atoms with Crippen LogP contribution in [0.1, 0.15) is 26.7 Å². The summed E-state index contributed by atoms with van der Waals surface area (Å²) in [6.45, 7) is 3.12. The Balaban J connectivity index is 4.08. The van der Waals surface area contributed by atoms with E-state index >= 15 is 0 Å². The van der Waals surface area contributed by atoms with Crippen molar-refractivity contribution in [3.05, 3.63) is 0 Å². The molecule has 0 heterocycles. The summed E-state index contributed by atoms with van der Waals surface area (Å²) in [4.78, 5) is 0. The molecule has 0 radical (unpaired) electrons. The van der Waals surface area contributed by atoms with E-state index in [1.165, 1.54) is 29.9 Å². The number of halogens is 4. The number of alkyl halides is 3. The molecule has 0 spiro atoms. The number of rotatable bonds is 3. The van der Waals surface area contributed by atoms with Gasteiger partial charge in [0.15, 0.2) is 0 Å². The van der Waals surface area contributed by atoms with Crippen LogP contribution >= 0.6 is 23.0 Å². The molecule has 0 aliphatic rings. The van der Waals surface area contributed by atoms with Gasteiger partial charge in [-0.15, -0.1) is 0 Å². The van der Waals surface area contributed by atoms with E-state index < -0.39 is 18.2 Å². The quantitative estimate of drug-likeness (QED) is 0.720. The number of hydrogen-bond donors (Lipinski definition) is 0. The molecule has 0 aliphatic carbocycles. The van der Waals surface area contributed by atoms with Crippen LogP contribution in [0.3, 0.4) is 0 Å². The van der Waals surface area contributed by atoms with Gasteiger partial charge < -0.3 is 3.07 Å². The third-order valence-electron chi connectivity index (χ3n) is 1.51. The van der Waals surface area contributed by atoms with Crippen molar-refractivity contribution >= 4 is 23.0 Å². The fraction of sp³-hybridized carbons (Fsp3) is 1.00. The fourth-order valence-corrected chi connectivity index (χ4v) is 1.10. The van der Waals surface area contributed by atoms with Crippen LogP contribution < -0.4 is 0 Å². The Kier molecular flexibility index (Phi) is 4.10. The minimum absolute atomic E-state index is 0.357. The molecule has 0 fully saturated rings. The van der Waals surface area contributed by atoms with Gasteiger partial charge >= 0.3 is 6.18 Å². The zero-order chi connectivity index (χ0) is 9.12. The van der Waals surface area contributed by atoms with Gasteiger partial charge in [-0.1, -0.05) is 6.92 Å². The molecule has 0 aliphatic heterocycles. The maximum atomic E-state index is 11.8. The lowest BCUT2D eigenvalue weighted by atomic mass is 9.99. The van der Waals surface area contributed by atoms with Gasteiger partial charge in [0.25, 0.3) is 0 Å². The predicted molar refractivity (Wildman–Crippen MR) is 44.5 cm³/mol. The molecule has 1 atom stereocenters. The van der Waals surface area contributed by atoms with Crippen LogP contribution in [-0.2, 0) is 3.07 Å². The second-order valence-corrected chi connectivity index (χ2v) is 3.11. The largest absolute Gasteiger partial charge is 0.391 e. The average Bonchev–Trinajstić information content (AvgIpc) is 1.84. The number of hydrogen-bond acceptors (Lipinski definition) is 1. The van der Waals surface area contributed by atoms with Gasteiger partial charge in [0, 0.05) is 0 Å². The monoisotopic (exact) mass is 282 g/mol. The van der Waals surface area contributed by atoms with Gasteiger partial charge in [-0.05, 0) is 13.3 Å². The molecular weight excluding hydrogens is 272 g/mol. The summed E-state index contributed by atoms with van der Waals surface area (Å²) < 4.78 is 40.2. The minimum atomic E-state index is -4.14. The molecule has 0 saturated heterocycles. The van der Waals surface area contributed by atoms with Gasteiger partial charge in [0.2, 0.25) is 0 Å². The molecule has 0 aromatic rings. The lowest BCUT2D eigenvalue weighted by Gasteiger charge is -2.25. The lowest BCUT2D eigenvalue weighted by molar-refractivity contribution is -0.162. The first kappa shape index (κ1) is 11.5. The second-order valence-electron chi connectivity index (χ2n) is 2.67. The molecule has 1 unspecified atom stereocenters. The Morgan fingerprint density at radius 2 is 1.82 bits per heavy atom. The Morgan fingerprint density at radius 3 is 1.91 bits per heavy atom. The van der Waals surface area contributed by atoms with Gasteiger partial charge in [-0.3, -0.25) is 0 Å². The molecule has 0 bridgehead atoms. The lowest BCUT2D eigenvalue weighted by Crippen LogP contribution is -2.31. The smallest absolute Gasteiger partial charge is 0.309 e. The van der Waals surface area contributed by atoms with E-state index in [4.69, 9.17) is 3.07 Å². The van der Waals surface area contributed by atoms with Crippen molar-refractivity contribution in [2.75, 3.05) is 0 Å². The van der Waals surface area contributed by atoms with Gasteiger partial charge in [0.1, 0.15) is 23.0 Å². The molecule has 0 amide bonds. The first-order chi connectivity index (χ1) is 4.83. The van der Waals surface area contributed by atoms with Crippen molar-refractivity contribution < 1.29 is 16.2 Å². The van der Waals surface area contributed by atoms with Gasteiger partial charge in [-0.2, -0.15) is 13.2 Å². The van der Waals surface area contributed by atoms with E-state index in [2.05, 4.69) is 0 Å². The molecule has 11 heavy (non-hydrogen) atoms. The van der Waals surface area contributed by atoms with Crippen LogP contribution in [0.2, 0.25) is 0 Å². The highest BCUT2D eigenvalue weighted by Gasteiger charge is 2.38. The Morgan fingerprint density at radius 1 is 1.36 bits per heavy atom. The fourth-order valence-electron chi connectivity index (χ4n) is 0.631. The first-order valence-electron chi connectivity index (χ1n) is 3.19. The summed E-state index contributed by atoms with van der Waals surface area (Å²) in [5.74, 6) is 0. The molecule has 0 N–H and O–H groups in total. The standard InChI is InChI=1S/C6H10F3IO/c1-3-5(2,11-10)4-6(7,8)9/h3-4H2,1-2H3. The van der Waals surface area contributed by atoms with E-state index in [-0.39, 0.29) is 0 Å². The summed E-state index contributed by atoms with van der Waals surface area (Å²) in [5.41, 5.74) is -1.07. The summed E-state index contributed by atoms with van der Waals surface area (Å²) in [6.07, 6.45) is -4.68. The summed E-state index contributed by atoms with van der Waals surface area (Å²) in [7, 11) is 0. The van der Waals surface area contributed by atoms with Gasteiger partial charge in [0.05, 0.1) is 12.0 Å². The van der Waals surface area contributed by atoms with Crippen LogP contribution in [-0.4, -0.2) is 11.8 Å². The zero-order valence-electron chi connectivity index (χ0n) is 6.33. The highest BCUT2D eigenvalue weighted by molar-refractivity contribution is 14.1. The third-order valence-corrected chi connectivity index (χ3v) is 2.57. The van der Waals surface area contributed by atoms with E-state index in [1.54, 1.807) is 6.92 Å². The second kappa shape index (κ2) is 3.93. The van der Waals surface area contributed by atoms with E-state index in [0.717, 1.165) is 0 Å². The highest BCUT2D eigenvalue weighted by atomic mass is 127. The molecule has 0 rings (SSSR count). The summed E-state index contributed by atoms with van der Waals surface area (Å²) >= 11 is 1.51. The van der Waals surface area contributed by atoms with Crippen LogP contribution in [0.15, 0.2) is 0 Å². The van der Waals surface area contributed by atoms with Crippen LogP contribution in [0, 0.1) is 0 Å². The van der Waals surface area contributed by atoms with Crippen LogP contribution in [0.4, 0.5) is 13.2 Å². The topological polar surface area (TPSA) is 9.23 Å². The molecule has 1 nitrogen and oxygen atoms in total. The zero-order valence-corrected chi connectivity index (χ0v) is 8.49. The summed E-state index contributed by atoms with van der Waals surface area (Å²) in [6, 6.07) is 0. The van der Waals surface area contributed by atoms with Crippen molar-refractivity contribution in [2.24, 2.45) is 0 Å². The molecule has 68 valence electrons.